The van der Waals surface area contributed by atoms with Crippen molar-refractivity contribution in [2.75, 3.05) is 0 Å². The summed E-state index contributed by atoms with van der Waals surface area (Å²) in [6.07, 6.45) is 7.12. The molecule has 0 N–H and O–H groups in total. The van der Waals surface area contributed by atoms with Gasteiger partial charge in [-0.25, -0.2) is 9.97 Å². The van der Waals surface area contributed by atoms with Gasteiger partial charge in [-0.05, 0) is 70.1 Å². The third-order valence-corrected chi connectivity index (χ3v) is 5.62. The first-order valence-corrected chi connectivity index (χ1v) is 10.5. The lowest BCUT2D eigenvalue weighted by atomic mass is 10.00. The molecule has 0 aliphatic heterocycles. The molecule has 32 heavy (non-hydrogen) atoms. The number of rotatable bonds is 3. The van der Waals surface area contributed by atoms with Gasteiger partial charge in [0.1, 0.15) is 0 Å². The fraction of sp³-hybridized carbons (Fsp3) is 0. The SMILES string of the molecule is c1cncc(-c2cc(-c3ccc4cc5ccccc5cc4c3)nc(-c3ccncc3)n2)c1. The molecule has 3 aromatic heterocycles. The van der Waals surface area contributed by atoms with Gasteiger partial charge in [0.05, 0.1) is 11.4 Å². The standard InChI is InChI=1S/C28H18N4/c1-2-5-21-15-25-16-23(8-7-22(25)14-20(21)4-1)26-17-27(24-6-3-11-30-18-24)32-28(31-26)19-9-12-29-13-10-19/h1-18H. The van der Waals surface area contributed by atoms with Gasteiger partial charge in [0.15, 0.2) is 5.82 Å². The highest BCUT2D eigenvalue weighted by Gasteiger charge is 2.11. The Balaban J connectivity index is 1.55. The summed E-state index contributed by atoms with van der Waals surface area (Å²) in [7, 11) is 0. The first kappa shape index (κ1) is 18.3. The van der Waals surface area contributed by atoms with Crippen molar-refractivity contribution in [2.45, 2.75) is 0 Å². The van der Waals surface area contributed by atoms with E-state index in [1.165, 1.54) is 21.5 Å². The van der Waals surface area contributed by atoms with Crippen molar-refractivity contribution in [2.24, 2.45) is 0 Å². The van der Waals surface area contributed by atoms with Gasteiger partial charge in [0.2, 0.25) is 0 Å². The minimum absolute atomic E-state index is 0.669. The average Bonchev–Trinajstić information content (AvgIpc) is 2.88. The lowest BCUT2D eigenvalue weighted by molar-refractivity contribution is 1.17. The summed E-state index contributed by atoms with van der Waals surface area (Å²) < 4.78 is 0. The number of aromatic nitrogens is 4. The zero-order chi connectivity index (χ0) is 21.3. The lowest BCUT2D eigenvalue weighted by Gasteiger charge is -2.10. The number of fused-ring (bicyclic) bond motifs is 2. The molecule has 0 unspecified atom stereocenters. The fourth-order valence-electron chi connectivity index (χ4n) is 3.99. The van der Waals surface area contributed by atoms with Crippen molar-refractivity contribution in [1.29, 1.82) is 0 Å². The van der Waals surface area contributed by atoms with E-state index in [9.17, 15) is 0 Å². The Kier molecular flexibility index (Phi) is 4.40. The molecule has 0 fully saturated rings. The summed E-state index contributed by atoms with van der Waals surface area (Å²) in [5.74, 6) is 0.669. The van der Waals surface area contributed by atoms with Crippen LogP contribution in [0.15, 0.2) is 110 Å². The number of nitrogens with zero attached hydrogens (tertiary/aromatic N) is 4. The number of benzene rings is 3. The van der Waals surface area contributed by atoms with Crippen LogP contribution in [-0.2, 0) is 0 Å². The van der Waals surface area contributed by atoms with Gasteiger partial charge in [-0.2, -0.15) is 0 Å². The predicted molar refractivity (Wildman–Crippen MR) is 129 cm³/mol. The lowest BCUT2D eigenvalue weighted by Crippen LogP contribution is -1.96. The predicted octanol–water partition coefficient (Wildman–Crippen LogP) is 6.57. The summed E-state index contributed by atoms with van der Waals surface area (Å²) in [5.41, 5.74) is 4.65. The maximum Gasteiger partial charge on any atom is 0.160 e. The molecule has 0 saturated heterocycles. The fourth-order valence-corrected chi connectivity index (χ4v) is 3.99. The highest BCUT2D eigenvalue weighted by molar-refractivity contribution is 5.99. The third-order valence-electron chi connectivity index (χ3n) is 5.62. The summed E-state index contributed by atoms with van der Waals surface area (Å²) in [6, 6.07) is 29.2. The maximum atomic E-state index is 4.91. The summed E-state index contributed by atoms with van der Waals surface area (Å²) >= 11 is 0. The van der Waals surface area contributed by atoms with Gasteiger partial charge in [-0.1, -0.05) is 36.4 Å². The van der Waals surface area contributed by atoms with Crippen LogP contribution < -0.4 is 0 Å². The molecular weight excluding hydrogens is 392 g/mol. The topological polar surface area (TPSA) is 51.6 Å². The second-order valence-corrected chi connectivity index (χ2v) is 7.70. The molecule has 6 aromatic rings. The molecule has 0 spiro atoms. The largest absolute Gasteiger partial charge is 0.265 e. The molecule has 0 saturated carbocycles. The van der Waals surface area contributed by atoms with Crippen molar-refractivity contribution < 1.29 is 0 Å². The second kappa shape index (κ2) is 7.67. The summed E-state index contributed by atoms with van der Waals surface area (Å²) in [5, 5.41) is 4.87. The van der Waals surface area contributed by atoms with Crippen LogP contribution in [0.4, 0.5) is 0 Å². The monoisotopic (exact) mass is 410 g/mol. The minimum atomic E-state index is 0.669. The Morgan fingerprint density at radius 1 is 0.438 bits per heavy atom. The Labute approximate surface area is 185 Å². The molecule has 4 heteroatoms. The Bertz CT molecular complexity index is 1500. The van der Waals surface area contributed by atoms with Crippen molar-refractivity contribution >= 4 is 21.5 Å². The molecule has 0 aliphatic carbocycles. The number of pyridine rings is 2. The molecular formula is C28H18N4. The van der Waals surface area contributed by atoms with Crippen LogP contribution in [0.2, 0.25) is 0 Å². The smallest absolute Gasteiger partial charge is 0.160 e. The van der Waals surface area contributed by atoms with E-state index >= 15 is 0 Å². The zero-order valence-corrected chi connectivity index (χ0v) is 17.2. The van der Waals surface area contributed by atoms with Crippen LogP contribution in [0.5, 0.6) is 0 Å². The van der Waals surface area contributed by atoms with E-state index in [2.05, 4.69) is 64.6 Å². The molecule has 0 aliphatic rings. The van der Waals surface area contributed by atoms with Crippen molar-refractivity contribution in [1.82, 2.24) is 19.9 Å². The van der Waals surface area contributed by atoms with Crippen LogP contribution in [0.1, 0.15) is 0 Å². The first-order valence-electron chi connectivity index (χ1n) is 10.5. The van der Waals surface area contributed by atoms with Crippen LogP contribution >= 0.6 is 0 Å². The van der Waals surface area contributed by atoms with E-state index in [1.807, 2.05) is 36.5 Å². The van der Waals surface area contributed by atoms with Crippen molar-refractivity contribution in [3.63, 3.8) is 0 Å². The minimum Gasteiger partial charge on any atom is -0.265 e. The molecule has 4 nitrogen and oxygen atoms in total. The van der Waals surface area contributed by atoms with Crippen LogP contribution in [0.25, 0.3) is 55.4 Å². The Morgan fingerprint density at radius 2 is 1.16 bits per heavy atom. The van der Waals surface area contributed by atoms with Gasteiger partial charge in [-0.3, -0.25) is 9.97 Å². The van der Waals surface area contributed by atoms with E-state index in [1.54, 1.807) is 18.6 Å². The molecule has 0 radical (unpaired) electrons. The third kappa shape index (κ3) is 3.38. The van der Waals surface area contributed by atoms with Crippen molar-refractivity contribution in [3.05, 3.63) is 110 Å². The van der Waals surface area contributed by atoms with Crippen LogP contribution in [0, 0.1) is 0 Å². The van der Waals surface area contributed by atoms with Gasteiger partial charge in [0, 0.05) is 41.5 Å². The zero-order valence-electron chi connectivity index (χ0n) is 17.2. The van der Waals surface area contributed by atoms with Crippen LogP contribution in [-0.4, -0.2) is 19.9 Å². The van der Waals surface area contributed by atoms with Crippen molar-refractivity contribution in [3.8, 4) is 33.9 Å². The average molecular weight is 410 g/mol. The highest BCUT2D eigenvalue weighted by atomic mass is 14.9. The first-order chi connectivity index (χ1) is 15.8. The number of hydrogen-bond donors (Lipinski definition) is 0. The normalized spacial score (nSPS) is 11.1. The van der Waals surface area contributed by atoms with E-state index in [0.29, 0.717) is 5.82 Å². The molecule has 0 amide bonds. The summed E-state index contributed by atoms with van der Waals surface area (Å²) in [6.45, 7) is 0. The van der Waals surface area contributed by atoms with E-state index < -0.39 is 0 Å². The number of hydrogen-bond acceptors (Lipinski definition) is 4. The van der Waals surface area contributed by atoms with Gasteiger partial charge >= 0.3 is 0 Å². The molecule has 150 valence electrons. The molecule has 3 heterocycles. The molecule has 0 atom stereocenters. The van der Waals surface area contributed by atoms with E-state index in [0.717, 1.165) is 28.1 Å². The van der Waals surface area contributed by atoms with E-state index in [-0.39, 0.29) is 0 Å². The second-order valence-electron chi connectivity index (χ2n) is 7.70. The Hall–Kier alpha value is -4.44. The summed E-state index contributed by atoms with van der Waals surface area (Å²) in [4.78, 5) is 18.1. The van der Waals surface area contributed by atoms with E-state index in [4.69, 9.17) is 9.97 Å². The highest BCUT2D eigenvalue weighted by Crippen LogP contribution is 2.30. The Morgan fingerprint density at radius 3 is 1.91 bits per heavy atom. The quantitative estimate of drug-likeness (QED) is 0.310. The molecule has 3 aromatic carbocycles. The maximum absolute atomic E-state index is 4.91. The molecule has 6 rings (SSSR count). The van der Waals surface area contributed by atoms with Gasteiger partial charge < -0.3 is 0 Å². The van der Waals surface area contributed by atoms with Gasteiger partial charge in [0.25, 0.3) is 0 Å². The van der Waals surface area contributed by atoms with Gasteiger partial charge in [-0.15, -0.1) is 0 Å². The molecule has 0 bridgehead atoms. The van der Waals surface area contributed by atoms with Crippen LogP contribution in [0.3, 0.4) is 0 Å².